The fourth-order valence-electron chi connectivity index (χ4n) is 5.24. The minimum atomic E-state index is -0.125. The second-order valence-corrected chi connectivity index (χ2v) is 8.94. The van der Waals surface area contributed by atoms with Crippen LogP contribution in [0, 0.1) is 23.7 Å². The first-order chi connectivity index (χ1) is 12.5. The van der Waals surface area contributed by atoms with Crippen LogP contribution in [-0.4, -0.2) is 53.3 Å². The van der Waals surface area contributed by atoms with Crippen molar-refractivity contribution in [1.82, 2.24) is 14.8 Å². The van der Waals surface area contributed by atoms with Crippen molar-refractivity contribution < 1.29 is 14.0 Å². The van der Waals surface area contributed by atoms with Gasteiger partial charge in [0.1, 0.15) is 5.76 Å². The van der Waals surface area contributed by atoms with Crippen molar-refractivity contribution in [2.45, 2.75) is 50.5 Å². The van der Waals surface area contributed by atoms with Gasteiger partial charge in [0.15, 0.2) is 12.1 Å². The molecule has 2 amide bonds. The van der Waals surface area contributed by atoms with Crippen molar-refractivity contribution in [3.8, 4) is 0 Å². The zero-order valence-electron chi connectivity index (χ0n) is 15.6. The van der Waals surface area contributed by atoms with Gasteiger partial charge in [-0.2, -0.15) is 0 Å². The number of carbonyl (C=O) groups is 2. The summed E-state index contributed by atoms with van der Waals surface area (Å²) in [7, 11) is 3.45. The molecule has 0 spiro atoms. The molecule has 26 heavy (non-hydrogen) atoms. The summed E-state index contributed by atoms with van der Waals surface area (Å²) >= 11 is 0. The van der Waals surface area contributed by atoms with Gasteiger partial charge in [0.2, 0.25) is 5.91 Å². The fraction of sp³-hybridized carbons (Fsp3) is 0.750. The average molecular weight is 357 g/mol. The van der Waals surface area contributed by atoms with Gasteiger partial charge in [-0.15, -0.1) is 0 Å². The van der Waals surface area contributed by atoms with Crippen LogP contribution < -0.4 is 0 Å². The molecule has 3 heterocycles. The highest BCUT2D eigenvalue weighted by atomic mass is 16.3. The van der Waals surface area contributed by atoms with E-state index in [0.717, 1.165) is 31.2 Å². The first kappa shape index (κ1) is 16.3. The monoisotopic (exact) mass is 357 g/mol. The second kappa shape index (κ2) is 5.83. The van der Waals surface area contributed by atoms with E-state index >= 15 is 0 Å². The number of carbonyl (C=O) groups excluding carboxylic acids is 2. The van der Waals surface area contributed by atoms with Gasteiger partial charge in [0.25, 0.3) is 5.91 Å². The highest BCUT2D eigenvalue weighted by molar-refractivity contribution is 5.93. The molecule has 2 bridgehead atoms. The maximum Gasteiger partial charge on any atom is 0.275 e. The van der Waals surface area contributed by atoms with E-state index in [2.05, 4.69) is 9.88 Å². The SMILES string of the molecule is CN(C)C(=O)c1ncoc1C1C2CC1N(C(=O)CC(C1CC1)C1CC1)C2. The molecule has 3 atom stereocenters. The van der Waals surface area contributed by atoms with E-state index in [1.54, 1.807) is 14.1 Å². The lowest BCUT2D eigenvalue weighted by molar-refractivity contribution is -0.133. The van der Waals surface area contributed by atoms with Crippen LogP contribution in [0.4, 0.5) is 0 Å². The molecule has 0 aromatic carbocycles. The number of aromatic nitrogens is 1. The van der Waals surface area contributed by atoms with Crippen LogP contribution in [0.25, 0.3) is 0 Å². The Balaban J connectivity index is 1.30. The Labute approximate surface area is 153 Å². The summed E-state index contributed by atoms with van der Waals surface area (Å²) in [5.41, 5.74) is 0.415. The van der Waals surface area contributed by atoms with Crippen molar-refractivity contribution in [1.29, 1.82) is 0 Å². The lowest BCUT2D eigenvalue weighted by Crippen LogP contribution is -2.41. The molecule has 6 nitrogen and oxygen atoms in total. The Kier molecular flexibility index (Phi) is 3.66. The van der Waals surface area contributed by atoms with Crippen LogP contribution in [-0.2, 0) is 4.79 Å². The van der Waals surface area contributed by atoms with E-state index < -0.39 is 0 Å². The topological polar surface area (TPSA) is 66.7 Å². The average Bonchev–Trinajstić information content (AvgIpc) is 3.50. The summed E-state index contributed by atoms with van der Waals surface area (Å²) in [5.74, 6) is 3.66. The van der Waals surface area contributed by atoms with Gasteiger partial charge in [0, 0.05) is 39.0 Å². The van der Waals surface area contributed by atoms with Crippen LogP contribution in [0.2, 0.25) is 0 Å². The minimum Gasteiger partial charge on any atom is -0.447 e. The van der Waals surface area contributed by atoms with Gasteiger partial charge in [-0.25, -0.2) is 4.98 Å². The zero-order valence-corrected chi connectivity index (χ0v) is 15.6. The normalized spacial score (nSPS) is 29.8. The van der Waals surface area contributed by atoms with Crippen LogP contribution in [0.5, 0.6) is 0 Å². The summed E-state index contributed by atoms with van der Waals surface area (Å²) in [6.07, 6.45) is 8.39. The Morgan fingerprint density at radius 2 is 1.96 bits per heavy atom. The van der Waals surface area contributed by atoms with E-state index in [1.807, 2.05) is 0 Å². The summed E-state index contributed by atoms with van der Waals surface area (Å²) in [5, 5.41) is 0. The molecule has 3 unspecified atom stereocenters. The van der Waals surface area contributed by atoms with Crippen molar-refractivity contribution >= 4 is 11.8 Å². The van der Waals surface area contributed by atoms with Crippen molar-refractivity contribution in [3.63, 3.8) is 0 Å². The molecule has 0 N–H and O–H groups in total. The molecule has 2 saturated heterocycles. The van der Waals surface area contributed by atoms with Gasteiger partial charge in [0.05, 0.1) is 0 Å². The Bertz CT molecular complexity index is 722. The summed E-state index contributed by atoms with van der Waals surface area (Å²) in [4.78, 5) is 33.1. The fourth-order valence-corrected chi connectivity index (χ4v) is 5.24. The first-order valence-electron chi connectivity index (χ1n) is 9.99. The highest BCUT2D eigenvalue weighted by Gasteiger charge is 2.57. The van der Waals surface area contributed by atoms with Crippen LogP contribution in [0.15, 0.2) is 10.8 Å². The minimum absolute atomic E-state index is 0.125. The Hall–Kier alpha value is -1.85. The summed E-state index contributed by atoms with van der Waals surface area (Å²) < 4.78 is 5.63. The zero-order chi connectivity index (χ0) is 18.0. The van der Waals surface area contributed by atoms with E-state index in [0.29, 0.717) is 29.2 Å². The van der Waals surface area contributed by atoms with Gasteiger partial charge >= 0.3 is 0 Å². The van der Waals surface area contributed by atoms with E-state index in [4.69, 9.17) is 4.42 Å². The molecule has 1 aromatic heterocycles. The van der Waals surface area contributed by atoms with Crippen molar-refractivity contribution in [2.75, 3.05) is 20.6 Å². The smallest absolute Gasteiger partial charge is 0.275 e. The third kappa shape index (κ3) is 2.57. The predicted molar refractivity (Wildman–Crippen MR) is 94.4 cm³/mol. The third-order valence-corrected chi connectivity index (χ3v) is 6.99. The maximum atomic E-state index is 13.0. The van der Waals surface area contributed by atoms with E-state index in [1.165, 1.54) is 37.0 Å². The number of hydrogen-bond donors (Lipinski definition) is 0. The molecule has 5 fully saturated rings. The number of fused-ring (bicyclic) bond motifs is 1. The maximum absolute atomic E-state index is 13.0. The number of amides is 2. The lowest BCUT2D eigenvalue weighted by Gasteiger charge is -2.35. The lowest BCUT2D eigenvalue weighted by atomic mass is 9.72. The summed E-state index contributed by atoms with van der Waals surface area (Å²) in [6.45, 7) is 0.812. The molecule has 2 aliphatic heterocycles. The van der Waals surface area contributed by atoms with Crippen LogP contribution in [0.1, 0.15) is 60.7 Å². The van der Waals surface area contributed by atoms with Crippen molar-refractivity contribution in [2.24, 2.45) is 23.7 Å². The predicted octanol–water partition coefficient (Wildman–Crippen LogP) is 2.52. The molecule has 6 rings (SSSR count). The standard InChI is InChI=1S/C20H27N3O3/c1-22(2)20(25)18-19(26-10-21-18)17-13-7-15(17)23(9-13)16(24)8-14(11-3-4-11)12-5-6-12/h10-15,17H,3-9H2,1-2H3. The quantitative estimate of drug-likeness (QED) is 0.785. The van der Waals surface area contributed by atoms with Gasteiger partial charge in [-0.1, -0.05) is 0 Å². The highest BCUT2D eigenvalue weighted by Crippen LogP contribution is 2.55. The molecule has 3 saturated carbocycles. The van der Waals surface area contributed by atoms with Crippen LogP contribution >= 0.6 is 0 Å². The van der Waals surface area contributed by atoms with Gasteiger partial charge < -0.3 is 14.2 Å². The molecule has 5 aliphatic rings. The molecular formula is C20H27N3O3. The Morgan fingerprint density at radius 3 is 2.58 bits per heavy atom. The number of rotatable bonds is 6. The van der Waals surface area contributed by atoms with Crippen molar-refractivity contribution in [3.05, 3.63) is 17.8 Å². The number of oxazole rings is 1. The number of hydrogen-bond acceptors (Lipinski definition) is 4. The van der Waals surface area contributed by atoms with E-state index in [-0.39, 0.29) is 17.9 Å². The third-order valence-electron chi connectivity index (χ3n) is 6.99. The number of nitrogens with zero attached hydrogens (tertiary/aromatic N) is 3. The molecular weight excluding hydrogens is 330 g/mol. The molecule has 1 aromatic rings. The molecule has 140 valence electrons. The summed E-state index contributed by atoms with van der Waals surface area (Å²) in [6, 6.07) is 0.188. The molecule has 3 aliphatic carbocycles. The molecule has 6 heteroatoms. The molecule has 0 radical (unpaired) electrons. The van der Waals surface area contributed by atoms with Crippen LogP contribution in [0.3, 0.4) is 0 Å². The second-order valence-electron chi connectivity index (χ2n) is 8.94. The van der Waals surface area contributed by atoms with Gasteiger partial charge in [-0.3, -0.25) is 9.59 Å². The van der Waals surface area contributed by atoms with E-state index in [9.17, 15) is 9.59 Å². The first-order valence-corrected chi connectivity index (χ1v) is 9.99. The largest absolute Gasteiger partial charge is 0.447 e. The van der Waals surface area contributed by atoms with Gasteiger partial charge in [-0.05, 0) is 55.8 Å². The Morgan fingerprint density at radius 1 is 1.27 bits per heavy atom.